The standard InChI is InChI=1S/C16H17BrN4O3/c1-16(15(23)24,11-4-2-3-5-12(11)17)18-14(22)13-9-21(20-19-13)8-10-6-7-10/h2-5,9-10H,6-8H2,1H3,(H,18,22)(H,23,24). The normalized spacial score (nSPS) is 16.4. The summed E-state index contributed by atoms with van der Waals surface area (Å²) in [6.45, 7) is 2.18. The molecular weight excluding hydrogens is 376 g/mol. The third-order valence-electron chi connectivity index (χ3n) is 4.12. The van der Waals surface area contributed by atoms with Crippen LogP contribution in [0.3, 0.4) is 0 Å². The molecule has 7 nitrogen and oxygen atoms in total. The number of carboxylic acid groups (broad SMARTS) is 1. The Morgan fingerprint density at radius 3 is 2.75 bits per heavy atom. The van der Waals surface area contributed by atoms with Crippen molar-refractivity contribution in [2.75, 3.05) is 0 Å². The molecule has 0 saturated heterocycles. The topological polar surface area (TPSA) is 97.1 Å². The van der Waals surface area contributed by atoms with Crippen molar-refractivity contribution in [2.24, 2.45) is 5.92 Å². The molecule has 1 aromatic heterocycles. The van der Waals surface area contributed by atoms with E-state index in [1.807, 2.05) is 0 Å². The molecule has 1 amide bonds. The largest absolute Gasteiger partial charge is 0.479 e. The number of aromatic nitrogens is 3. The zero-order valence-electron chi connectivity index (χ0n) is 13.1. The van der Waals surface area contributed by atoms with Crippen molar-refractivity contribution in [1.82, 2.24) is 20.3 Å². The number of rotatable bonds is 6. The molecule has 24 heavy (non-hydrogen) atoms. The van der Waals surface area contributed by atoms with Crippen molar-refractivity contribution in [1.29, 1.82) is 0 Å². The number of aliphatic carboxylic acids is 1. The molecule has 1 aliphatic carbocycles. The number of amides is 1. The molecule has 0 spiro atoms. The number of hydrogen-bond donors (Lipinski definition) is 2. The van der Waals surface area contributed by atoms with Crippen LogP contribution in [0.2, 0.25) is 0 Å². The van der Waals surface area contributed by atoms with Crippen molar-refractivity contribution in [3.63, 3.8) is 0 Å². The average molecular weight is 393 g/mol. The molecule has 1 saturated carbocycles. The summed E-state index contributed by atoms with van der Waals surface area (Å²) in [5.41, 5.74) is -1.02. The molecule has 1 fully saturated rings. The van der Waals surface area contributed by atoms with E-state index in [0.29, 0.717) is 16.0 Å². The lowest BCUT2D eigenvalue weighted by molar-refractivity contribution is -0.144. The van der Waals surface area contributed by atoms with Gasteiger partial charge >= 0.3 is 5.97 Å². The van der Waals surface area contributed by atoms with Crippen molar-refractivity contribution >= 4 is 27.8 Å². The van der Waals surface area contributed by atoms with Gasteiger partial charge in [0.2, 0.25) is 0 Å². The average Bonchev–Trinajstić information content (AvgIpc) is 3.22. The number of carbonyl (C=O) groups excluding carboxylic acids is 1. The van der Waals surface area contributed by atoms with E-state index in [1.54, 1.807) is 35.1 Å². The first-order valence-electron chi connectivity index (χ1n) is 7.61. The number of carboxylic acids is 1. The fourth-order valence-electron chi connectivity index (χ4n) is 2.45. The Balaban J connectivity index is 1.82. The van der Waals surface area contributed by atoms with Crippen LogP contribution in [-0.2, 0) is 16.9 Å². The summed E-state index contributed by atoms with van der Waals surface area (Å²) in [5.74, 6) is -1.13. The minimum Gasteiger partial charge on any atom is -0.479 e. The summed E-state index contributed by atoms with van der Waals surface area (Å²) >= 11 is 3.34. The Bertz CT molecular complexity index is 787. The van der Waals surface area contributed by atoms with Gasteiger partial charge in [0.1, 0.15) is 0 Å². The maximum atomic E-state index is 12.5. The fraction of sp³-hybridized carbons (Fsp3) is 0.375. The van der Waals surface area contributed by atoms with Crippen molar-refractivity contribution in [3.05, 3.63) is 46.2 Å². The Morgan fingerprint density at radius 1 is 1.42 bits per heavy atom. The van der Waals surface area contributed by atoms with Crippen molar-refractivity contribution < 1.29 is 14.7 Å². The van der Waals surface area contributed by atoms with Gasteiger partial charge in [0, 0.05) is 16.6 Å². The highest BCUT2D eigenvalue weighted by atomic mass is 79.9. The van der Waals surface area contributed by atoms with Gasteiger partial charge < -0.3 is 10.4 Å². The van der Waals surface area contributed by atoms with Gasteiger partial charge in [-0.05, 0) is 31.7 Å². The molecule has 2 aromatic rings. The number of nitrogens with one attached hydrogen (secondary N) is 1. The van der Waals surface area contributed by atoms with Crippen LogP contribution in [0.4, 0.5) is 0 Å². The summed E-state index contributed by atoms with van der Waals surface area (Å²) < 4.78 is 2.23. The van der Waals surface area contributed by atoms with E-state index in [2.05, 4.69) is 31.6 Å². The lowest BCUT2D eigenvalue weighted by atomic mass is 9.92. The molecule has 1 unspecified atom stereocenters. The number of nitrogens with zero attached hydrogens (tertiary/aromatic N) is 3. The van der Waals surface area contributed by atoms with Crippen LogP contribution in [-0.4, -0.2) is 32.0 Å². The SMILES string of the molecule is CC(NC(=O)c1cn(CC2CC2)nn1)(C(=O)O)c1ccccc1Br. The van der Waals surface area contributed by atoms with Gasteiger partial charge in [-0.1, -0.05) is 39.3 Å². The van der Waals surface area contributed by atoms with Gasteiger partial charge in [-0.3, -0.25) is 9.48 Å². The second-order valence-electron chi connectivity index (χ2n) is 6.13. The van der Waals surface area contributed by atoms with E-state index in [0.717, 1.165) is 6.54 Å². The molecule has 1 heterocycles. The monoisotopic (exact) mass is 392 g/mol. The Kier molecular flexibility index (Phi) is 4.40. The first-order chi connectivity index (χ1) is 11.4. The van der Waals surface area contributed by atoms with E-state index >= 15 is 0 Å². The molecule has 126 valence electrons. The summed E-state index contributed by atoms with van der Waals surface area (Å²) in [5, 5.41) is 20.0. The van der Waals surface area contributed by atoms with Gasteiger partial charge in [0.05, 0.1) is 6.20 Å². The third kappa shape index (κ3) is 3.33. The van der Waals surface area contributed by atoms with Crippen LogP contribution < -0.4 is 5.32 Å². The molecule has 2 N–H and O–H groups in total. The quantitative estimate of drug-likeness (QED) is 0.784. The van der Waals surface area contributed by atoms with Gasteiger partial charge in [-0.2, -0.15) is 0 Å². The summed E-state index contributed by atoms with van der Waals surface area (Å²) in [7, 11) is 0. The zero-order chi connectivity index (χ0) is 17.3. The van der Waals surface area contributed by atoms with E-state index in [4.69, 9.17) is 0 Å². The van der Waals surface area contributed by atoms with Crippen LogP contribution in [0.15, 0.2) is 34.9 Å². The number of hydrogen-bond acceptors (Lipinski definition) is 4. The Hall–Kier alpha value is -2.22. The van der Waals surface area contributed by atoms with Gasteiger partial charge in [-0.15, -0.1) is 5.10 Å². The van der Waals surface area contributed by atoms with E-state index < -0.39 is 17.4 Å². The predicted molar refractivity (Wildman–Crippen MR) is 89.3 cm³/mol. The summed E-state index contributed by atoms with van der Waals surface area (Å²) in [6.07, 6.45) is 3.89. The first-order valence-corrected chi connectivity index (χ1v) is 8.40. The third-order valence-corrected chi connectivity index (χ3v) is 4.81. The predicted octanol–water partition coefficient (Wildman–Crippen LogP) is 2.18. The lowest BCUT2D eigenvalue weighted by Crippen LogP contribution is -2.49. The van der Waals surface area contributed by atoms with Crippen LogP contribution in [0, 0.1) is 5.92 Å². The molecule has 1 atom stereocenters. The van der Waals surface area contributed by atoms with Gasteiger partial charge in [-0.25, -0.2) is 4.79 Å². The maximum Gasteiger partial charge on any atom is 0.333 e. The van der Waals surface area contributed by atoms with Crippen LogP contribution in [0.25, 0.3) is 0 Å². The summed E-state index contributed by atoms with van der Waals surface area (Å²) in [4.78, 5) is 24.3. The lowest BCUT2D eigenvalue weighted by Gasteiger charge is -2.27. The molecular formula is C16H17BrN4O3. The van der Waals surface area contributed by atoms with E-state index in [-0.39, 0.29) is 5.69 Å². The maximum absolute atomic E-state index is 12.5. The van der Waals surface area contributed by atoms with Crippen molar-refractivity contribution in [3.8, 4) is 0 Å². The van der Waals surface area contributed by atoms with Gasteiger partial charge in [0.15, 0.2) is 11.2 Å². The molecule has 0 aliphatic heterocycles. The summed E-state index contributed by atoms with van der Waals surface area (Å²) in [6, 6.07) is 6.89. The Morgan fingerprint density at radius 2 is 2.12 bits per heavy atom. The fourth-order valence-corrected chi connectivity index (χ4v) is 3.13. The number of benzene rings is 1. The highest BCUT2D eigenvalue weighted by Gasteiger charge is 2.39. The van der Waals surface area contributed by atoms with E-state index in [9.17, 15) is 14.7 Å². The highest BCUT2D eigenvalue weighted by Crippen LogP contribution is 2.30. The molecule has 1 aliphatic rings. The Labute approximate surface area is 147 Å². The molecule has 8 heteroatoms. The van der Waals surface area contributed by atoms with E-state index in [1.165, 1.54) is 19.8 Å². The minimum atomic E-state index is -1.59. The number of halogens is 1. The van der Waals surface area contributed by atoms with Crippen LogP contribution in [0.1, 0.15) is 35.8 Å². The molecule has 0 radical (unpaired) electrons. The second-order valence-corrected chi connectivity index (χ2v) is 6.99. The molecule has 0 bridgehead atoms. The van der Waals surface area contributed by atoms with Crippen molar-refractivity contribution in [2.45, 2.75) is 31.8 Å². The molecule has 3 rings (SSSR count). The van der Waals surface area contributed by atoms with Crippen LogP contribution >= 0.6 is 15.9 Å². The highest BCUT2D eigenvalue weighted by molar-refractivity contribution is 9.10. The zero-order valence-corrected chi connectivity index (χ0v) is 14.7. The molecule has 1 aromatic carbocycles. The smallest absolute Gasteiger partial charge is 0.333 e. The number of carbonyl (C=O) groups is 2. The van der Waals surface area contributed by atoms with Gasteiger partial charge in [0.25, 0.3) is 5.91 Å². The first kappa shape index (κ1) is 16.6. The minimum absolute atomic E-state index is 0.107. The second kappa shape index (κ2) is 6.35. The van der Waals surface area contributed by atoms with Crippen LogP contribution in [0.5, 0.6) is 0 Å².